The van der Waals surface area contributed by atoms with Gasteiger partial charge in [0.05, 0.1) is 0 Å². The van der Waals surface area contributed by atoms with E-state index in [1.807, 2.05) is 34.9 Å². The van der Waals surface area contributed by atoms with E-state index in [1.54, 1.807) is 24.7 Å². The molecule has 0 saturated heterocycles. The van der Waals surface area contributed by atoms with Crippen LogP contribution in [0.4, 0.5) is 0 Å². The SMILES string of the molecule is O=S(O)Cc1nccc(-n2ccnc2-c2ccccc2)n1. The third kappa shape index (κ3) is 3.04. The van der Waals surface area contributed by atoms with Gasteiger partial charge in [-0.1, -0.05) is 30.3 Å². The second-order valence-electron chi connectivity index (χ2n) is 4.28. The quantitative estimate of drug-likeness (QED) is 0.746. The van der Waals surface area contributed by atoms with Crippen LogP contribution in [-0.4, -0.2) is 28.3 Å². The molecule has 3 rings (SSSR count). The Morgan fingerprint density at radius 1 is 1.10 bits per heavy atom. The summed E-state index contributed by atoms with van der Waals surface area (Å²) in [4.78, 5) is 12.6. The van der Waals surface area contributed by atoms with Crippen molar-refractivity contribution < 1.29 is 8.76 Å². The summed E-state index contributed by atoms with van der Waals surface area (Å²) in [5.41, 5.74) is 0.966. The Balaban J connectivity index is 2.02. The van der Waals surface area contributed by atoms with Crippen LogP contribution in [0, 0.1) is 0 Å². The van der Waals surface area contributed by atoms with Gasteiger partial charge >= 0.3 is 0 Å². The van der Waals surface area contributed by atoms with E-state index in [4.69, 9.17) is 4.55 Å². The van der Waals surface area contributed by atoms with Gasteiger partial charge in [0.2, 0.25) is 0 Å². The van der Waals surface area contributed by atoms with E-state index in [9.17, 15) is 4.21 Å². The number of rotatable bonds is 4. The molecule has 0 amide bonds. The maximum Gasteiger partial charge on any atom is 0.160 e. The zero-order valence-electron chi connectivity index (χ0n) is 11.0. The third-order valence-electron chi connectivity index (χ3n) is 2.86. The molecule has 0 aliphatic rings. The summed E-state index contributed by atoms with van der Waals surface area (Å²) in [6.07, 6.45) is 5.05. The molecule has 2 aromatic heterocycles. The fourth-order valence-corrected chi connectivity index (χ4v) is 2.35. The zero-order chi connectivity index (χ0) is 14.7. The van der Waals surface area contributed by atoms with Crippen LogP contribution in [0.3, 0.4) is 0 Å². The molecular formula is C14H12N4O2S. The molecule has 0 aliphatic heterocycles. The molecule has 21 heavy (non-hydrogen) atoms. The van der Waals surface area contributed by atoms with E-state index in [0.29, 0.717) is 11.6 Å². The highest BCUT2D eigenvalue weighted by Gasteiger charge is 2.10. The molecule has 6 nitrogen and oxygen atoms in total. The maximum atomic E-state index is 10.9. The minimum atomic E-state index is -1.96. The molecule has 106 valence electrons. The molecule has 1 aromatic carbocycles. The van der Waals surface area contributed by atoms with Crippen LogP contribution >= 0.6 is 0 Å². The highest BCUT2D eigenvalue weighted by molar-refractivity contribution is 7.78. The minimum absolute atomic E-state index is 0.0940. The number of imidazole rings is 1. The maximum absolute atomic E-state index is 10.9. The standard InChI is InChI=1S/C14H12N4O2S/c19-21(20)10-12-15-7-6-13(17-12)18-9-8-16-14(18)11-4-2-1-3-5-11/h1-9H,10H2,(H,19,20). The van der Waals surface area contributed by atoms with Gasteiger partial charge in [-0.15, -0.1) is 0 Å². The number of hydrogen-bond donors (Lipinski definition) is 1. The Kier molecular flexibility index (Phi) is 3.85. The van der Waals surface area contributed by atoms with Gasteiger partial charge in [0.25, 0.3) is 0 Å². The average Bonchev–Trinajstić information content (AvgIpc) is 2.97. The van der Waals surface area contributed by atoms with Crippen molar-refractivity contribution in [2.24, 2.45) is 0 Å². The van der Waals surface area contributed by atoms with Crippen molar-refractivity contribution in [2.75, 3.05) is 0 Å². The van der Waals surface area contributed by atoms with Crippen molar-refractivity contribution >= 4 is 11.1 Å². The lowest BCUT2D eigenvalue weighted by atomic mass is 10.2. The first-order valence-corrected chi connectivity index (χ1v) is 7.50. The highest BCUT2D eigenvalue weighted by atomic mass is 32.2. The Labute approximate surface area is 123 Å². The summed E-state index contributed by atoms with van der Waals surface area (Å²) < 4.78 is 21.6. The van der Waals surface area contributed by atoms with Crippen LogP contribution in [0.15, 0.2) is 55.0 Å². The molecule has 0 spiro atoms. The lowest BCUT2D eigenvalue weighted by Gasteiger charge is -2.07. The monoisotopic (exact) mass is 300 g/mol. The van der Waals surface area contributed by atoms with E-state index < -0.39 is 11.1 Å². The number of benzene rings is 1. The summed E-state index contributed by atoms with van der Waals surface area (Å²) in [6, 6.07) is 11.5. The molecule has 0 radical (unpaired) electrons. The summed E-state index contributed by atoms with van der Waals surface area (Å²) in [5, 5.41) is 0. The fraction of sp³-hybridized carbons (Fsp3) is 0.0714. The molecule has 0 bridgehead atoms. The first-order valence-electron chi connectivity index (χ1n) is 6.22. The Morgan fingerprint density at radius 2 is 1.90 bits per heavy atom. The van der Waals surface area contributed by atoms with Gasteiger partial charge in [-0.05, 0) is 6.07 Å². The molecule has 2 heterocycles. The van der Waals surface area contributed by atoms with Crippen LogP contribution < -0.4 is 0 Å². The van der Waals surface area contributed by atoms with Crippen molar-refractivity contribution in [2.45, 2.75) is 5.75 Å². The van der Waals surface area contributed by atoms with Gasteiger partial charge in [-0.3, -0.25) is 4.57 Å². The van der Waals surface area contributed by atoms with E-state index in [0.717, 1.165) is 11.4 Å². The molecule has 1 N–H and O–H groups in total. The first-order chi connectivity index (χ1) is 10.2. The molecule has 1 atom stereocenters. The topological polar surface area (TPSA) is 80.9 Å². The lowest BCUT2D eigenvalue weighted by molar-refractivity contribution is 0.562. The molecule has 1 unspecified atom stereocenters. The van der Waals surface area contributed by atoms with Crippen molar-refractivity contribution in [1.82, 2.24) is 19.5 Å². The molecular weight excluding hydrogens is 288 g/mol. The lowest BCUT2D eigenvalue weighted by Crippen LogP contribution is -2.05. The van der Waals surface area contributed by atoms with Crippen molar-refractivity contribution in [3.05, 3.63) is 60.8 Å². The summed E-state index contributed by atoms with van der Waals surface area (Å²) in [5.74, 6) is 1.59. The largest absolute Gasteiger partial charge is 0.306 e. The van der Waals surface area contributed by atoms with Crippen molar-refractivity contribution in [3.63, 3.8) is 0 Å². The first kappa shape index (κ1) is 13.6. The van der Waals surface area contributed by atoms with Crippen molar-refractivity contribution in [1.29, 1.82) is 0 Å². The molecule has 0 aliphatic carbocycles. The van der Waals surface area contributed by atoms with E-state index in [2.05, 4.69) is 15.0 Å². The van der Waals surface area contributed by atoms with Gasteiger partial charge in [0.1, 0.15) is 23.2 Å². The number of hydrogen-bond acceptors (Lipinski definition) is 4. The Hall–Kier alpha value is -2.38. The minimum Gasteiger partial charge on any atom is -0.306 e. The molecule has 3 aromatic rings. The van der Waals surface area contributed by atoms with Gasteiger partial charge < -0.3 is 4.55 Å². The number of aromatic nitrogens is 4. The van der Waals surface area contributed by atoms with E-state index >= 15 is 0 Å². The fourth-order valence-electron chi connectivity index (χ4n) is 1.99. The third-order valence-corrected chi connectivity index (χ3v) is 3.37. The summed E-state index contributed by atoms with van der Waals surface area (Å²) >= 11 is -1.96. The Bertz CT molecular complexity index is 773. The smallest absolute Gasteiger partial charge is 0.160 e. The normalized spacial score (nSPS) is 12.2. The van der Waals surface area contributed by atoms with Crippen LogP contribution in [0.1, 0.15) is 5.82 Å². The van der Waals surface area contributed by atoms with Crippen LogP contribution in [0.5, 0.6) is 0 Å². The highest BCUT2D eigenvalue weighted by Crippen LogP contribution is 2.19. The van der Waals surface area contributed by atoms with Crippen molar-refractivity contribution in [3.8, 4) is 17.2 Å². The van der Waals surface area contributed by atoms with Crippen LogP contribution in [-0.2, 0) is 16.8 Å². The van der Waals surface area contributed by atoms with Gasteiger partial charge in [0, 0.05) is 24.2 Å². The zero-order valence-corrected chi connectivity index (χ0v) is 11.8. The average molecular weight is 300 g/mol. The second kappa shape index (κ2) is 5.94. The van der Waals surface area contributed by atoms with Crippen LogP contribution in [0.25, 0.3) is 17.2 Å². The van der Waals surface area contributed by atoms with Crippen LogP contribution in [0.2, 0.25) is 0 Å². The predicted octanol–water partition coefficient (Wildman–Crippen LogP) is 2.05. The summed E-state index contributed by atoms with van der Waals surface area (Å²) in [6.45, 7) is 0. The second-order valence-corrected chi connectivity index (χ2v) is 5.22. The number of nitrogens with zero attached hydrogens (tertiary/aromatic N) is 4. The molecule has 0 fully saturated rings. The predicted molar refractivity (Wildman–Crippen MR) is 79.1 cm³/mol. The summed E-state index contributed by atoms with van der Waals surface area (Å²) in [7, 11) is 0. The Morgan fingerprint density at radius 3 is 2.67 bits per heavy atom. The molecule has 7 heteroatoms. The van der Waals surface area contributed by atoms with E-state index in [-0.39, 0.29) is 5.75 Å². The molecule has 0 saturated carbocycles. The van der Waals surface area contributed by atoms with Gasteiger partial charge in [0.15, 0.2) is 11.1 Å². The van der Waals surface area contributed by atoms with Gasteiger partial charge in [-0.25, -0.2) is 19.2 Å². The van der Waals surface area contributed by atoms with Gasteiger partial charge in [-0.2, -0.15) is 0 Å². The van der Waals surface area contributed by atoms with E-state index in [1.165, 1.54) is 0 Å².